The average molecular weight is 506 g/mol. The molecule has 0 saturated carbocycles. The van der Waals surface area contributed by atoms with Crippen LogP contribution in [0.5, 0.6) is 0 Å². The maximum absolute atomic E-state index is 12.5. The minimum Gasteiger partial charge on any atom is -0.369 e. The third-order valence-electron chi connectivity index (χ3n) is 6.56. The van der Waals surface area contributed by atoms with E-state index in [2.05, 4.69) is 32.7 Å². The molecule has 188 valence electrons. The number of piperazine rings is 1. The topological polar surface area (TPSA) is 95.4 Å². The summed E-state index contributed by atoms with van der Waals surface area (Å²) in [5, 5.41) is 7.60. The molecule has 5 rings (SSSR count). The highest BCUT2D eigenvalue weighted by atomic mass is 32.2. The van der Waals surface area contributed by atoms with Crippen LogP contribution in [-0.4, -0.2) is 61.9 Å². The summed E-state index contributed by atoms with van der Waals surface area (Å²) in [5.74, 6) is 0.555. The molecule has 1 aliphatic rings. The normalized spacial score (nSPS) is 14.2. The molecule has 2 aromatic carbocycles. The Bertz CT molecular complexity index is 1440. The fraction of sp³-hybridized carbons (Fsp3) is 0.308. The molecule has 1 saturated heterocycles. The van der Waals surface area contributed by atoms with Crippen LogP contribution >= 0.6 is 0 Å². The van der Waals surface area contributed by atoms with Gasteiger partial charge < -0.3 is 20.1 Å². The van der Waals surface area contributed by atoms with E-state index in [9.17, 15) is 8.42 Å². The first-order chi connectivity index (χ1) is 17.4. The zero-order valence-corrected chi connectivity index (χ0v) is 21.4. The number of fused-ring (bicyclic) bond motifs is 1. The van der Waals surface area contributed by atoms with E-state index < -0.39 is 10.0 Å². The molecule has 0 radical (unpaired) electrons. The van der Waals surface area contributed by atoms with Gasteiger partial charge in [0, 0.05) is 62.4 Å². The summed E-state index contributed by atoms with van der Waals surface area (Å²) in [5.41, 5.74) is 4.47. The molecule has 10 heteroatoms. The van der Waals surface area contributed by atoms with Crippen molar-refractivity contribution in [1.82, 2.24) is 19.9 Å². The van der Waals surface area contributed by atoms with Crippen LogP contribution in [0.25, 0.3) is 11.0 Å². The molecule has 0 atom stereocenters. The molecule has 0 aliphatic carbocycles. The predicted octanol–water partition coefficient (Wildman–Crippen LogP) is 3.42. The van der Waals surface area contributed by atoms with Gasteiger partial charge in [-0.05, 0) is 48.9 Å². The lowest BCUT2D eigenvalue weighted by Gasteiger charge is -2.29. The summed E-state index contributed by atoms with van der Waals surface area (Å²) in [4.78, 5) is 11.6. The molecule has 2 N–H and O–H groups in total. The highest BCUT2D eigenvalue weighted by molar-refractivity contribution is 7.92. The predicted molar refractivity (Wildman–Crippen MR) is 146 cm³/mol. The second-order valence-corrected chi connectivity index (χ2v) is 11.1. The lowest BCUT2D eigenvalue weighted by atomic mass is 10.2. The Hall–Kier alpha value is -3.63. The van der Waals surface area contributed by atoms with Crippen LogP contribution in [0, 0.1) is 0 Å². The SMILES string of the molecule is CCS(=O)(=O)N(C)c1ccccc1Cn1ccc2cnc(Nc3ccc(N4CCNCC4)cc3)nc21. The molecule has 1 fully saturated rings. The van der Waals surface area contributed by atoms with E-state index in [1.807, 2.05) is 53.2 Å². The maximum atomic E-state index is 12.5. The van der Waals surface area contributed by atoms with Gasteiger partial charge in [-0.15, -0.1) is 0 Å². The lowest BCUT2D eigenvalue weighted by Crippen LogP contribution is -2.43. The Balaban J connectivity index is 1.37. The number of aromatic nitrogens is 3. The third kappa shape index (κ3) is 5.00. The van der Waals surface area contributed by atoms with Gasteiger partial charge in [0.05, 0.1) is 18.0 Å². The number of rotatable bonds is 8. The van der Waals surface area contributed by atoms with E-state index in [4.69, 9.17) is 4.98 Å². The number of nitrogens with zero attached hydrogens (tertiary/aromatic N) is 5. The van der Waals surface area contributed by atoms with E-state index >= 15 is 0 Å². The number of hydrogen-bond donors (Lipinski definition) is 2. The van der Waals surface area contributed by atoms with Crippen LogP contribution in [0.1, 0.15) is 12.5 Å². The van der Waals surface area contributed by atoms with Gasteiger partial charge >= 0.3 is 0 Å². The van der Waals surface area contributed by atoms with Crippen molar-refractivity contribution in [2.24, 2.45) is 0 Å². The van der Waals surface area contributed by atoms with Gasteiger partial charge in [0.2, 0.25) is 16.0 Å². The number of benzene rings is 2. The van der Waals surface area contributed by atoms with Crippen molar-refractivity contribution >= 4 is 44.1 Å². The van der Waals surface area contributed by atoms with Gasteiger partial charge in [-0.1, -0.05) is 18.2 Å². The van der Waals surface area contributed by atoms with Crippen LogP contribution in [0.4, 0.5) is 23.0 Å². The molecule has 1 aliphatic heterocycles. The number of nitrogens with one attached hydrogen (secondary N) is 2. The van der Waals surface area contributed by atoms with Crippen LogP contribution < -0.4 is 19.8 Å². The summed E-state index contributed by atoms with van der Waals surface area (Å²) >= 11 is 0. The Morgan fingerprint density at radius 1 is 1.06 bits per heavy atom. The van der Waals surface area contributed by atoms with Gasteiger partial charge in [-0.3, -0.25) is 4.31 Å². The molecule has 4 aromatic rings. The zero-order valence-electron chi connectivity index (χ0n) is 20.6. The van der Waals surface area contributed by atoms with Gasteiger partial charge in [-0.25, -0.2) is 13.4 Å². The standard InChI is InChI=1S/C26H31N7O2S/c1-3-36(34,35)31(2)24-7-5-4-6-21(24)19-33-15-12-20-18-28-26(30-25(20)33)29-22-8-10-23(11-9-22)32-16-13-27-14-17-32/h4-12,15,18,27H,3,13-14,16-17,19H2,1-2H3,(H,28,29,30). The molecule has 0 amide bonds. The first kappa shape index (κ1) is 24.1. The number of hydrogen-bond acceptors (Lipinski definition) is 7. The molecule has 9 nitrogen and oxygen atoms in total. The first-order valence-electron chi connectivity index (χ1n) is 12.1. The Labute approximate surface area is 211 Å². The summed E-state index contributed by atoms with van der Waals surface area (Å²) < 4.78 is 28.3. The zero-order chi connectivity index (χ0) is 25.1. The van der Waals surface area contributed by atoms with Gasteiger partial charge in [0.25, 0.3) is 0 Å². The molecular weight excluding hydrogens is 474 g/mol. The first-order valence-corrected chi connectivity index (χ1v) is 13.7. The molecule has 36 heavy (non-hydrogen) atoms. The largest absolute Gasteiger partial charge is 0.369 e. The Morgan fingerprint density at radius 3 is 2.56 bits per heavy atom. The number of para-hydroxylation sites is 1. The van der Waals surface area contributed by atoms with Crippen molar-refractivity contribution in [1.29, 1.82) is 0 Å². The number of sulfonamides is 1. The lowest BCUT2D eigenvalue weighted by molar-refractivity contribution is 0.589. The van der Waals surface area contributed by atoms with Crippen molar-refractivity contribution < 1.29 is 8.42 Å². The van der Waals surface area contributed by atoms with Crippen LogP contribution in [0.2, 0.25) is 0 Å². The van der Waals surface area contributed by atoms with E-state index in [1.54, 1.807) is 20.2 Å². The van der Waals surface area contributed by atoms with Crippen molar-refractivity contribution in [2.75, 3.05) is 53.5 Å². The Kier molecular flexibility index (Phi) is 6.80. The summed E-state index contributed by atoms with van der Waals surface area (Å²) in [7, 11) is -1.76. The van der Waals surface area contributed by atoms with E-state index in [1.165, 1.54) is 9.99 Å². The fourth-order valence-corrected chi connectivity index (χ4v) is 5.31. The fourth-order valence-electron chi connectivity index (χ4n) is 4.44. The van der Waals surface area contributed by atoms with Crippen molar-refractivity contribution in [3.8, 4) is 0 Å². The molecule has 0 unspecified atom stereocenters. The minimum atomic E-state index is -3.36. The van der Waals surface area contributed by atoms with Crippen LogP contribution in [-0.2, 0) is 16.6 Å². The summed E-state index contributed by atoms with van der Waals surface area (Å²) in [6, 6.07) is 17.8. The van der Waals surface area contributed by atoms with Crippen LogP contribution in [0.3, 0.4) is 0 Å². The molecule has 2 aromatic heterocycles. The third-order valence-corrected chi connectivity index (χ3v) is 8.32. The second kappa shape index (κ2) is 10.2. The van der Waals surface area contributed by atoms with Gasteiger partial charge in [0.1, 0.15) is 5.65 Å². The van der Waals surface area contributed by atoms with E-state index in [-0.39, 0.29) is 5.75 Å². The van der Waals surface area contributed by atoms with Gasteiger partial charge in [-0.2, -0.15) is 4.98 Å². The van der Waals surface area contributed by atoms with E-state index in [0.717, 1.165) is 48.5 Å². The molecular formula is C26H31N7O2S. The molecule has 3 heterocycles. The summed E-state index contributed by atoms with van der Waals surface area (Å²) in [6.07, 6.45) is 3.76. The van der Waals surface area contributed by atoms with E-state index in [0.29, 0.717) is 18.2 Å². The quantitative estimate of drug-likeness (QED) is 0.379. The number of anilines is 4. The van der Waals surface area contributed by atoms with Crippen LogP contribution in [0.15, 0.2) is 67.0 Å². The maximum Gasteiger partial charge on any atom is 0.234 e. The highest BCUT2D eigenvalue weighted by Gasteiger charge is 2.19. The molecule has 0 bridgehead atoms. The highest BCUT2D eigenvalue weighted by Crippen LogP contribution is 2.26. The van der Waals surface area contributed by atoms with Crippen molar-refractivity contribution in [3.63, 3.8) is 0 Å². The van der Waals surface area contributed by atoms with Gasteiger partial charge in [0.15, 0.2) is 0 Å². The smallest absolute Gasteiger partial charge is 0.234 e. The summed E-state index contributed by atoms with van der Waals surface area (Å²) in [6.45, 7) is 6.15. The van der Waals surface area contributed by atoms with Crippen molar-refractivity contribution in [3.05, 3.63) is 72.6 Å². The average Bonchev–Trinajstić information content (AvgIpc) is 3.31. The Morgan fingerprint density at radius 2 is 1.81 bits per heavy atom. The monoisotopic (exact) mass is 505 g/mol. The molecule has 0 spiro atoms. The minimum absolute atomic E-state index is 0.0444. The van der Waals surface area contributed by atoms with Crippen molar-refractivity contribution in [2.45, 2.75) is 13.5 Å². The second-order valence-electron chi connectivity index (χ2n) is 8.82.